The summed E-state index contributed by atoms with van der Waals surface area (Å²) in [5.41, 5.74) is -0.486. The summed E-state index contributed by atoms with van der Waals surface area (Å²) in [7, 11) is 0. The second-order valence-corrected chi connectivity index (χ2v) is 4.78. The van der Waals surface area contributed by atoms with Crippen molar-refractivity contribution in [3.05, 3.63) is 27.9 Å². The molecule has 7 nitrogen and oxygen atoms in total. The molecule has 1 heterocycles. The van der Waals surface area contributed by atoms with Gasteiger partial charge in [-0.25, -0.2) is 9.78 Å². The summed E-state index contributed by atoms with van der Waals surface area (Å²) in [6.45, 7) is 1.96. The van der Waals surface area contributed by atoms with E-state index in [0.717, 1.165) is 25.1 Å². The number of anilines is 1. The topological polar surface area (TPSA) is 105 Å². The monoisotopic (exact) mass is 265 g/mol. The predicted octanol–water partition coefficient (Wildman–Crippen LogP) is 2.29. The average Bonchev–Trinajstić information content (AvgIpc) is 2.26. The first-order chi connectivity index (χ1) is 8.99. The molecule has 1 unspecified atom stereocenters. The van der Waals surface area contributed by atoms with Crippen LogP contribution in [0.25, 0.3) is 0 Å². The number of hydrogen-bond acceptors (Lipinski definition) is 5. The zero-order chi connectivity index (χ0) is 14.0. The van der Waals surface area contributed by atoms with Crippen LogP contribution in [-0.2, 0) is 0 Å². The molecule has 1 aliphatic rings. The predicted molar refractivity (Wildman–Crippen MR) is 68.3 cm³/mol. The van der Waals surface area contributed by atoms with E-state index in [-0.39, 0.29) is 23.1 Å². The standard InChI is InChI=1S/C12H15N3O4/c1-7(8-3-2-4-8)14-11-10(15(18)19)5-9(6-13-11)12(16)17/h5-8H,2-4H2,1H3,(H,13,14)(H,16,17). The molecule has 1 atom stereocenters. The van der Waals surface area contributed by atoms with Crippen molar-refractivity contribution in [2.24, 2.45) is 5.92 Å². The second kappa shape index (κ2) is 5.21. The van der Waals surface area contributed by atoms with Gasteiger partial charge in [0.1, 0.15) is 0 Å². The summed E-state index contributed by atoms with van der Waals surface area (Å²) in [5, 5.41) is 22.8. The Bertz CT molecular complexity index is 514. The van der Waals surface area contributed by atoms with E-state index < -0.39 is 10.9 Å². The molecule has 7 heteroatoms. The maximum absolute atomic E-state index is 11.0. The van der Waals surface area contributed by atoms with Gasteiger partial charge in [0, 0.05) is 18.3 Å². The third-order valence-corrected chi connectivity index (χ3v) is 3.53. The minimum atomic E-state index is -1.23. The lowest BCUT2D eigenvalue weighted by Gasteiger charge is -2.32. The summed E-state index contributed by atoms with van der Waals surface area (Å²) in [5.74, 6) is -0.593. The summed E-state index contributed by atoms with van der Waals surface area (Å²) in [6.07, 6.45) is 4.53. The largest absolute Gasteiger partial charge is 0.478 e. The van der Waals surface area contributed by atoms with Gasteiger partial charge in [-0.05, 0) is 25.7 Å². The number of carbonyl (C=O) groups is 1. The highest BCUT2D eigenvalue weighted by Crippen LogP contribution is 2.32. The Balaban J connectivity index is 2.23. The molecular weight excluding hydrogens is 250 g/mol. The number of carboxylic acid groups (broad SMARTS) is 1. The molecule has 0 amide bonds. The zero-order valence-electron chi connectivity index (χ0n) is 10.5. The summed E-state index contributed by atoms with van der Waals surface area (Å²) >= 11 is 0. The van der Waals surface area contributed by atoms with E-state index in [0.29, 0.717) is 5.92 Å². The van der Waals surface area contributed by atoms with E-state index in [1.54, 1.807) is 0 Å². The van der Waals surface area contributed by atoms with E-state index in [1.165, 1.54) is 6.42 Å². The van der Waals surface area contributed by atoms with Crippen LogP contribution in [0.2, 0.25) is 0 Å². The molecule has 0 aromatic carbocycles. The molecule has 19 heavy (non-hydrogen) atoms. The molecule has 0 spiro atoms. The number of nitrogens with zero attached hydrogens (tertiary/aromatic N) is 2. The van der Waals surface area contributed by atoms with E-state index >= 15 is 0 Å². The molecule has 1 saturated carbocycles. The fraction of sp³-hybridized carbons (Fsp3) is 0.500. The van der Waals surface area contributed by atoms with Crippen molar-refractivity contribution in [3.8, 4) is 0 Å². The van der Waals surface area contributed by atoms with Gasteiger partial charge in [-0.2, -0.15) is 0 Å². The number of aromatic nitrogens is 1. The van der Waals surface area contributed by atoms with E-state index in [2.05, 4.69) is 10.3 Å². The van der Waals surface area contributed by atoms with Gasteiger partial charge in [-0.3, -0.25) is 10.1 Å². The SMILES string of the molecule is CC(Nc1ncc(C(=O)O)cc1[N+](=O)[O-])C1CCC1. The fourth-order valence-corrected chi connectivity index (χ4v) is 2.09. The van der Waals surface area contributed by atoms with Gasteiger partial charge in [0.25, 0.3) is 0 Å². The molecule has 1 aliphatic carbocycles. The lowest BCUT2D eigenvalue weighted by atomic mass is 9.80. The number of nitrogens with one attached hydrogen (secondary N) is 1. The van der Waals surface area contributed by atoms with E-state index in [1.807, 2.05) is 6.92 Å². The molecule has 1 aromatic rings. The van der Waals surface area contributed by atoms with Gasteiger partial charge in [0.15, 0.2) is 0 Å². The molecule has 0 saturated heterocycles. The minimum Gasteiger partial charge on any atom is -0.478 e. The molecule has 0 aliphatic heterocycles. The van der Waals surface area contributed by atoms with Gasteiger partial charge < -0.3 is 10.4 Å². The van der Waals surface area contributed by atoms with Crippen LogP contribution in [-0.4, -0.2) is 27.0 Å². The minimum absolute atomic E-state index is 0.0932. The summed E-state index contributed by atoms with van der Waals surface area (Å²) in [4.78, 5) is 25.0. The Morgan fingerprint density at radius 1 is 1.63 bits per heavy atom. The van der Waals surface area contributed by atoms with Gasteiger partial charge in [0.2, 0.25) is 5.82 Å². The Morgan fingerprint density at radius 3 is 2.79 bits per heavy atom. The van der Waals surface area contributed by atoms with Crippen molar-refractivity contribution in [1.29, 1.82) is 0 Å². The van der Waals surface area contributed by atoms with Crippen LogP contribution < -0.4 is 5.32 Å². The molecule has 0 bridgehead atoms. The summed E-state index contributed by atoms with van der Waals surface area (Å²) < 4.78 is 0. The first-order valence-corrected chi connectivity index (χ1v) is 6.13. The maximum Gasteiger partial charge on any atom is 0.337 e. The fourth-order valence-electron chi connectivity index (χ4n) is 2.09. The van der Waals surface area contributed by atoms with Gasteiger partial charge in [0.05, 0.1) is 10.5 Å². The number of nitro groups is 1. The Morgan fingerprint density at radius 2 is 2.32 bits per heavy atom. The Labute approximate surface area is 109 Å². The smallest absolute Gasteiger partial charge is 0.337 e. The molecule has 1 fully saturated rings. The normalized spacial score (nSPS) is 16.5. The molecule has 2 rings (SSSR count). The van der Waals surface area contributed by atoms with Crippen LogP contribution in [0.15, 0.2) is 12.3 Å². The highest BCUT2D eigenvalue weighted by Gasteiger charge is 2.27. The van der Waals surface area contributed by atoms with Gasteiger partial charge in [-0.1, -0.05) is 6.42 Å². The number of aromatic carboxylic acids is 1. The number of pyridine rings is 1. The lowest BCUT2D eigenvalue weighted by Crippen LogP contribution is -2.31. The lowest BCUT2D eigenvalue weighted by molar-refractivity contribution is -0.384. The average molecular weight is 265 g/mol. The molecule has 2 N–H and O–H groups in total. The van der Waals surface area contributed by atoms with Crippen LogP contribution in [0, 0.1) is 16.0 Å². The highest BCUT2D eigenvalue weighted by atomic mass is 16.6. The first kappa shape index (κ1) is 13.3. The maximum atomic E-state index is 11.0. The van der Waals surface area contributed by atoms with Crippen molar-refractivity contribution >= 4 is 17.5 Å². The van der Waals surface area contributed by atoms with Crippen LogP contribution in [0.5, 0.6) is 0 Å². The quantitative estimate of drug-likeness (QED) is 0.625. The summed E-state index contributed by atoms with van der Waals surface area (Å²) in [6, 6.07) is 1.13. The van der Waals surface area contributed by atoms with Crippen LogP contribution in [0.3, 0.4) is 0 Å². The number of rotatable bonds is 5. The van der Waals surface area contributed by atoms with Crippen molar-refractivity contribution in [1.82, 2.24) is 4.98 Å². The third kappa shape index (κ3) is 2.81. The Hall–Kier alpha value is -2.18. The van der Waals surface area contributed by atoms with Crippen LogP contribution >= 0.6 is 0 Å². The molecule has 1 aromatic heterocycles. The van der Waals surface area contributed by atoms with E-state index in [4.69, 9.17) is 5.11 Å². The van der Waals surface area contributed by atoms with Gasteiger partial charge >= 0.3 is 11.7 Å². The van der Waals surface area contributed by atoms with Crippen LogP contribution in [0.4, 0.5) is 11.5 Å². The second-order valence-electron chi connectivity index (χ2n) is 4.78. The van der Waals surface area contributed by atoms with Gasteiger partial charge in [-0.15, -0.1) is 0 Å². The van der Waals surface area contributed by atoms with Crippen molar-refractivity contribution in [3.63, 3.8) is 0 Å². The van der Waals surface area contributed by atoms with Crippen molar-refractivity contribution in [2.75, 3.05) is 5.32 Å². The van der Waals surface area contributed by atoms with Crippen molar-refractivity contribution in [2.45, 2.75) is 32.2 Å². The van der Waals surface area contributed by atoms with Crippen LogP contribution in [0.1, 0.15) is 36.5 Å². The highest BCUT2D eigenvalue weighted by molar-refractivity contribution is 5.88. The van der Waals surface area contributed by atoms with Crippen molar-refractivity contribution < 1.29 is 14.8 Å². The first-order valence-electron chi connectivity index (χ1n) is 6.13. The molecule has 0 radical (unpaired) electrons. The third-order valence-electron chi connectivity index (χ3n) is 3.53. The van der Waals surface area contributed by atoms with E-state index in [9.17, 15) is 14.9 Å². The number of hydrogen-bond donors (Lipinski definition) is 2. The number of carboxylic acids is 1. The Kier molecular flexibility index (Phi) is 3.64. The molecule has 102 valence electrons. The zero-order valence-corrected chi connectivity index (χ0v) is 10.5. The molecular formula is C12H15N3O4.